The van der Waals surface area contributed by atoms with Crippen molar-refractivity contribution in [3.63, 3.8) is 0 Å². The molecule has 2 spiro atoms. The average molecular weight is 512 g/mol. The van der Waals surface area contributed by atoms with E-state index in [0.717, 1.165) is 43.9 Å². The van der Waals surface area contributed by atoms with Gasteiger partial charge in [-0.05, 0) is 74.1 Å². The van der Waals surface area contributed by atoms with E-state index < -0.39 is 5.60 Å². The number of methoxy groups -OCH3 is 1. The van der Waals surface area contributed by atoms with Crippen LogP contribution in [0.15, 0.2) is 54.6 Å². The molecule has 2 heterocycles. The Bertz CT molecular complexity index is 1340. The molecule has 6 aliphatic carbocycles. The Morgan fingerprint density at radius 2 is 1.92 bits per heavy atom. The zero-order chi connectivity index (χ0) is 25.3. The number of aromatic hydroxyl groups is 1. The van der Waals surface area contributed by atoms with Gasteiger partial charge in [-0.3, -0.25) is 4.90 Å². The van der Waals surface area contributed by atoms with E-state index in [0.29, 0.717) is 18.6 Å². The van der Waals surface area contributed by atoms with Gasteiger partial charge in [0.15, 0.2) is 11.5 Å². The highest BCUT2D eigenvalue weighted by Crippen LogP contribution is 2.78. The van der Waals surface area contributed by atoms with Crippen LogP contribution in [0.3, 0.4) is 0 Å². The van der Waals surface area contributed by atoms with E-state index in [1.54, 1.807) is 0 Å². The van der Waals surface area contributed by atoms with Crippen LogP contribution >= 0.6 is 0 Å². The Morgan fingerprint density at radius 1 is 1.05 bits per heavy atom. The fourth-order valence-corrected chi connectivity index (χ4v) is 10.5. The van der Waals surface area contributed by atoms with Crippen LogP contribution in [0.2, 0.25) is 0 Å². The van der Waals surface area contributed by atoms with Gasteiger partial charge in [-0.1, -0.05) is 48.6 Å². The second kappa shape index (κ2) is 7.44. The molecule has 4 bridgehead atoms. The molecule has 10 rings (SSSR count). The molecule has 8 aliphatic rings. The van der Waals surface area contributed by atoms with Gasteiger partial charge in [-0.15, -0.1) is 0 Å². The Kier molecular flexibility index (Phi) is 4.40. The van der Waals surface area contributed by atoms with Crippen LogP contribution in [-0.2, 0) is 27.9 Å². The highest BCUT2D eigenvalue weighted by atomic mass is 16.6. The monoisotopic (exact) mass is 511 g/mol. The Balaban J connectivity index is 1.21. The van der Waals surface area contributed by atoms with Crippen molar-refractivity contribution in [2.24, 2.45) is 23.2 Å². The van der Waals surface area contributed by atoms with E-state index in [9.17, 15) is 5.11 Å². The van der Waals surface area contributed by atoms with Crippen LogP contribution in [0.5, 0.6) is 11.5 Å². The summed E-state index contributed by atoms with van der Waals surface area (Å²) in [6, 6.07) is 15.1. The van der Waals surface area contributed by atoms with Crippen molar-refractivity contribution < 1.29 is 19.3 Å². The number of piperidine rings is 1. The summed E-state index contributed by atoms with van der Waals surface area (Å²) in [5, 5.41) is 11.1. The Labute approximate surface area is 224 Å². The molecule has 0 aromatic heterocycles. The molecule has 38 heavy (non-hydrogen) atoms. The van der Waals surface area contributed by atoms with E-state index >= 15 is 0 Å². The quantitative estimate of drug-likeness (QED) is 0.554. The second-order valence-corrected chi connectivity index (χ2v) is 13.2. The van der Waals surface area contributed by atoms with Crippen molar-refractivity contribution >= 4 is 0 Å². The number of benzene rings is 2. The highest BCUT2D eigenvalue weighted by Gasteiger charge is 2.83. The van der Waals surface area contributed by atoms with Crippen molar-refractivity contribution in [1.29, 1.82) is 0 Å². The van der Waals surface area contributed by atoms with Crippen molar-refractivity contribution in [3.05, 3.63) is 71.3 Å². The number of nitrogens with zero attached hydrogens (tertiary/aromatic N) is 1. The number of ether oxygens (including phenoxy) is 3. The van der Waals surface area contributed by atoms with E-state index in [1.165, 1.54) is 36.1 Å². The standard InChI is InChI=1S/C33H37NO4/c1-36-33-14-13-31(23-10-12-25(28(23)33)37-19-21-5-3-2-4-6-21)26-17-22-9-11-24(35)29-27(22)32(31,30(33)38-29)15-16-34(26)18-20-7-8-20/h2-6,9,11,13-14,20,23,25-26,28,30,35H,7-8,10,12,15-19H2,1H3/t23?,25?,26-,28?,30+,31-,32+,33-/m1/s1. The van der Waals surface area contributed by atoms with Gasteiger partial charge in [0, 0.05) is 36.6 Å². The molecule has 4 fully saturated rings. The number of rotatable bonds is 6. The van der Waals surface area contributed by atoms with Crippen LogP contribution in [0.1, 0.15) is 48.8 Å². The van der Waals surface area contributed by atoms with Gasteiger partial charge >= 0.3 is 0 Å². The van der Waals surface area contributed by atoms with Gasteiger partial charge in [0.2, 0.25) is 0 Å². The summed E-state index contributed by atoms with van der Waals surface area (Å²) in [4.78, 5) is 2.86. The van der Waals surface area contributed by atoms with E-state index in [1.807, 2.05) is 13.2 Å². The van der Waals surface area contributed by atoms with Crippen LogP contribution in [0.25, 0.3) is 0 Å². The van der Waals surface area contributed by atoms with Crippen LogP contribution in [0, 0.1) is 23.2 Å². The number of phenols is 1. The molecule has 2 aliphatic heterocycles. The average Bonchev–Trinajstić information content (AvgIpc) is 3.52. The lowest BCUT2D eigenvalue weighted by Crippen LogP contribution is -2.82. The predicted octanol–water partition coefficient (Wildman–Crippen LogP) is 5.00. The summed E-state index contributed by atoms with van der Waals surface area (Å²) in [6.07, 6.45) is 12.1. The molecule has 0 radical (unpaired) electrons. The van der Waals surface area contributed by atoms with Crippen molar-refractivity contribution in [3.8, 4) is 11.5 Å². The van der Waals surface area contributed by atoms with E-state index in [2.05, 4.69) is 53.5 Å². The predicted molar refractivity (Wildman–Crippen MR) is 143 cm³/mol. The molecular formula is C33H37NO4. The third-order valence-electron chi connectivity index (χ3n) is 11.9. The maximum Gasteiger partial charge on any atom is 0.165 e. The minimum absolute atomic E-state index is 0.0212. The zero-order valence-electron chi connectivity index (χ0n) is 22.1. The zero-order valence-corrected chi connectivity index (χ0v) is 22.1. The summed E-state index contributed by atoms with van der Waals surface area (Å²) in [6.45, 7) is 2.96. The molecule has 1 saturated heterocycles. The molecule has 8 atom stereocenters. The lowest BCUT2D eigenvalue weighted by Gasteiger charge is -2.73. The summed E-state index contributed by atoms with van der Waals surface area (Å²) in [5.41, 5.74) is 3.18. The molecule has 5 heteroatoms. The van der Waals surface area contributed by atoms with Crippen molar-refractivity contribution in [2.45, 2.75) is 74.4 Å². The molecule has 3 unspecified atom stereocenters. The van der Waals surface area contributed by atoms with E-state index in [4.69, 9.17) is 14.2 Å². The van der Waals surface area contributed by atoms with Gasteiger partial charge in [-0.2, -0.15) is 0 Å². The van der Waals surface area contributed by atoms with Gasteiger partial charge in [0.05, 0.1) is 18.1 Å². The molecule has 198 valence electrons. The first-order chi connectivity index (χ1) is 18.6. The van der Waals surface area contributed by atoms with Crippen LogP contribution < -0.4 is 4.74 Å². The first-order valence-corrected chi connectivity index (χ1v) is 14.8. The minimum atomic E-state index is -0.562. The topological polar surface area (TPSA) is 51.2 Å². The molecule has 0 amide bonds. The molecule has 1 N–H and O–H groups in total. The number of likely N-dealkylation sites (tertiary alicyclic amines) is 1. The number of hydrogen-bond acceptors (Lipinski definition) is 5. The third-order valence-corrected chi connectivity index (χ3v) is 11.9. The maximum atomic E-state index is 11.1. The smallest absolute Gasteiger partial charge is 0.165 e. The number of phenolic OH excluding ortho intramolecular Hbond substituents is 1. The Hall–Kier alpha value is -2.34. The summed E-state index contributed by atoms with van der Waals surface area (Å²) >= 11 is 0. The first-order valence-electron chi connectivity index (χ1n) is 14.8. The second-order valence-electron chi connectivity index (χ2n) is 13.2. The summed E-state index contributed by atoms with van der Waals surface area (Å²) in [7, 11) is 1.87. The Morgan fingerprint density at radius 3 is 2.74 bits per heavy atom. The van der Waals surface area contributed by atoms with Crippen molar-refractivity contribution in [2.75, 3.05) is 20.2 Å². The molecule has 2 aromatic rings. The van der Waals surface area contributed by atoms with Gasteiger partial charge in [0.25, 0.3) is 0 Å². The summed E-state index contributed by atoms with van der Waals surface area (Å²) < 4.78 is 20.4. The molecular weight excluding hydrogens is 474 g/mol. The van der Waals surface area contributed by atoms with Crippen LogP contribution in [-0.4, -0.2) is 54.1 Å². The van der Waals surface area contributed by atoms with Gasteiger partial charge in [0.1, 0.15) is 11.7 Å². The maximum absolute atomic E-state index is 11.1. The summed E-state index contributed by atoms with van der Waals surface area (Å²) in [5.74, 6) is 2.60. The number of hydrogen-bond donors (Lipinski definition) is 1. The first kappa shape index (κ1) is 22.5. The van der Waals surface area contributed by atoms with Crippen molar-refractivity contribution in [1.82, 2.24) is 4.90 Å². The largest absolute Gasteiger partial charge is 0.504 e. The van der Waals surface area contributed by atoms with Crippen LogP contribution in [0.4, 0.5) is 0 Å². The fraction of sp³-hybridized carbons (Fsp3) is 0.576. The highest BCUT2D eigenvalue weighted by molar-refractivity contribution is 5.65. The normalized spacial score (nSPS) is 43.1. The lowest BCUT2D eigenvalue weighted by atomic mass is 9.34. The minimum Gasteiger partial charge on any atom is -0.504 e. The fourth-order valence-electron chi connectivity index (χ4n) is 10.5. The van der Waals surface area contributed by atoms with Gasteiger partial charge < -0.3 is 19.3 Å². The molecule has 3 saturated carbocycles. The molecule has 5 nitrogen and oxygen atoms in total. The van der Waals surface area contributed by atoms with E-state index in [-0.39, 0.29) is 34.7 Å². The SMILES string of the molecule is CO[C@]12C=C[C@@]3(C4CCC(OCc5ccccc5)C41)[C@H]1Cc4ccc(O)c5c4[C@@]3(CCN1CC1CC1)[C@@H]2O5. The molecule has 2 aromatic carbocycles. The lowest BCUT2D eigenvalue weighted by molar-refractivity contribution is -0.252. The third kappa shape index (κ3) is 2.47. The van der Waals surface area contributed by atoms with Gasteiger partial charge in [-0.25, -0.2) is 0 Å².